The van der Waals surface area contributed by atoms with Crippen molar-refractivity contribution >= 4 is 12.1 Å². The highest BCUT2D eigenvalue weighted by molar-refractivity contribution is 5.82. The largest absolute Gasteiger partial charge is 0.467 e. The van der Waals surface area contributed by atoms with E-state index in [-0.39, 0.29) is 12.0 Å². The van der Waals surface area contributed by atoms with Crippen LogP contribution in [0.1, 0.15) is 66.2 Å². The Kier molecular flexibility index (Phi) is 6.49. The molecule has 1 aliphatic rings. The molecule has 1 aliphatic heterocycles. The first kappa shape index (κ1) is 17.8. The van der Waals surface area contributed by atoms with Gasteiger partial charge in [-0.05, 0) is 46.5 Å². The predicted octanol–water partition coefficient (Wildman–Crippen LogP) is 3.51. The number of carbonyl (C=O) groups is 2. The summed E-state index contributed by atoms with van der Waals surface area (Å²) in [4.78, 5) is 26.1. The minimum atomic E-state index is -0.565. The van der Waals surface area contributed by atoms with Gasteiger partial charge in [0.05, 0.1) is 7.11 Å². The van der Waals surface area contributed by atoms with Gasteiger partial charge < -0.3 is 9.47 Å². The summed E-state index contributed by atoms with van der Waals surface area (Å²) >= 11 is 0. The number of methoxy groups -OCH3 is 1. The Bertz CT molecular complexity index is 362. The molecule has 1 rings (SSSR count). The molecule has 5 heteroatoms. The molecule has 0 saturated carbocycles. The Labute approximate surface area is 128 Å². The number of nitrogens with zero attached hydrogens (tertiary/aromatic N) is 1. The Balaban J connectivity index is 2.92. The van der Waals surface area contributed by atoms with Crippen molar-refractivity contribution in [3.8, 4) is 0 Å². The molecule has 0 spiro atoms. The number of unbranched alkanes of at least 4 members (excludes halogenated alkanes) is 1. The van der Waals surface area contributed by atoms with Crippen LogP contribution >= 0.6 is 0 Å². The lowest BCUT2D eigenvalue weighted by molar-refractivity contribution is -0.149. The SMILES string of the molecule is CCCC[C@H]1CCC[C@@H](C(=O)OC)N1C(=O)OC(C)(C)C. The third-order valence-corrected chi connectivity index (χ3v) is 3.71. The van der Waals surface area contributed by atoms with Crippen LogP contribution < -0.4 is 0 Å². The van der Waals surface area contributed by atoms with Crippen molar-refractivity contribution in [2.75, 3.05) is 7.11 Å². The molecule has 2 atom stereocenters. The highest BCUT2D eigenvalue weighted by atomic mass is 16.6. The van der Waals surface area contributed by atoms with Crippen LogP contribution in [0.3, 0.4) is 0 Å². The van der Waals surface area contributed by atoms with Gasteiger partial charge in [0, 0.05) is 6.04 Å². The average Bonchev–Trinajstić information content (AvgIpc) is 2.41. The number of rotatable bonds is 4. The summed E-state index contributed by atoms with van der Waals surface area (Å²) in [6, 6.07) is -0.446. The topological polar surface area (TPSA) is 55.8 Å². The van der Waals surface area contributed by atoms with Gasteiger partial charge in [-0.3, -0.25) is 4.90 Å². The summed E-state index contributed by atoms with van der Waals surface area (Å²) in [6.07, 6.45) is 5.12. The highest BCUT2D eigenvalue weighted by Crippen LogP contribution is 2.29. The van der Waals surface area contributed by atoms with Gasteiger partial charge in [0.15, 0.2) is 0 Å². The van der Waals surface area contributed by atoms with E-state index in [4.69, 9.17) is 9.47 Å². The second-order valence-corrected chi connectivity index (χ2v) is 6.65. The smallest absolute Gasteiger partial charge is 0.411 e. The summed E-state index contributed by atoms with van der Waals surface area (Å²) in [5, 5.41) is 0. The number of esters is 1. The molecule has 0 aromatic carbocycles. The first-order valence-corrected chi connectivity index (χ1v) is 7.89. The summed E-state index contributed by atoms with van der Waals surface area (Å²) in [6.45, 7) is 7.63. The van der Waals surface area contributed by atoms with Gasteiger partial charge in [0.25, 0.3) is 0 Å². The Morgan fingerprint density at radius 1 is 1.24 bits per heavy atom. The summed E-state index contributed by atoms with van der Waals surface area (Å²) < 4.78 is 10.4. The van der Waals surface area contributed by atoms with E-state index < -0.39 is 17.7 Å². The van der Waals surface area contributed by atoms with Crippen molar-refractivity contribution in [2.24, 2.45) is 0 Å². The number of ether oxygens (including phenoxy) is 2. The molecule has 1 fully saturated rings. The van der Waals surface area contributed by atoms with Crippen molar-refractivity contribution in [3.63, 3.8) is 0 Å². The van der Waals surface area contributed by atoms with Crippen molar-refractivity contribution in [2.45, 2.75) is 83.9 Å². The first-order valence-electron chi connectivity index (χ1n) is 7.89. The van der Waals surface area contributed by atoms with E-state index in [1.54, 1.807) is 4.90 Å². The maximum Gasteiger partial charge on any atom is 0.411 e. The first-order chi connectivity index (χ1) is 9.80. The normalized spacial score (nSPS) is 22.8. The molecule has 0 aromatic heterocycles. The molecule has 5 nitrogen and oxygen atoms in total. The van der Waals surface area contributed by atoms with Gasteiger partial charge in [-0.2, -0.15) is 0 Å². The van der Waals surface area contributed by atoms with Gasteiger partial charge in [-0.25, -0.2) is 9.59 Å². The van der Waals surface area contributed by atoms with Crippen LogP contribution in [0.15, 0.2) is 0 Å². The van der Waals surface area contributed by atoms with Crippen molar-refractivity contribution in [1.29, 1.82) is 0 Å². The average molecular weight is 299 g/mol. The van der Waals surface area contributed by atoms with Crippen molar-refractivity contribution < 1.29 is 19.1 Å². The van der Waals surface area contributed by atoms with E-state index in [9.17, 15) is 9.59 Å². The standard InChI is InChI=1S/C16H29NO4/c1-6-7-9-12-10-8-11-13(14(18)20-5)17(12)15(19)21-16(2,3)4/h12-13H,6-11H2,1-5H3/t12-,13-/m0/s1. The van der Waals surface area contributed by atoms with Gasteiger partial charge in [0.2, 0.25) is 0 Å². The van der Waals surface area contributed by atoms with Crippen LogP contribution in [0.4, 0.5) is 4.79 Å². The zero-order chi connectivity index (χ0) is 16.0. The molecule has 0 unspecified atom stereocenters. The molecule has 1 amide bonds. The maximum atomic E-state index is 12.5. The van der Waals surface area contributed by atoms with Gasteiger partial charge in [-0.1, -0.05) is 19.8 Å². The molecule has 1 heterocycles. The summed E-state index contributed by atoms with van der Waals surface area (Å²) in [5.41, 5.74) is -0.565. The van der Waals surface area contributed by atoms with E-state index >= 15 is 0 Å². The van der Waals surface area contributed by atoms with Crippen LogP contribution in [0, 0.1) is 0 Å². The fourth-order valence-electron chi connectivity index (χ4n) is 2.76. The minimum Gasteiger partial charge on any atom is -0.467 e. The van der Waals surface area contributed by atoms with Gasteiger partial charge in [0.1, 0.15) is 11.6 Å². The van der Waals surface area contributed by atoms with Crippen molar-refractivity contribution in [3.05, 3.63) is 0 Å². The minimum absolute atomic E-state index is 0.0673. The Morgan fingerprint density at radius 2 is 1.90 bits per heavy atom. The van der Waals surface area contributed by atoms with Gasteiger partial charge >= 0.3 is 12.1 Å². The third kappa shape index (κ3) is 5.21. The van der Waals surface area contributed by atoms with E-state index in [0.717, 1.165) is 32.1 Å². The number of hydrogen-bond acceptors (Lipinski definition) is 4. The zero-order valence-corrected chi connectivity index (χ0v) is 14.0. The molecular formula is C16H29NO4. The number of carbonyl (C=O) groups excluding carboxylic acids is 2. The lowest BCUT2D eigenvalue weighted by atomic mass is 9.92. The molecule has 0 aliphatic carbocycles. The monoisotopic (exact) mass is 299 g/mol. The predicted molar refractivity (Wildman–Crippen MR) is 81.0 cm³/mol. The fraction of sp³-hybridized carbons (Fsp3) is 0.875. The second-order valence-electron chi connectivity index (χ2n) is 6.65. The number of likely N-dealkylation sites (tertiary alicyclic amines) is 1. The second kappa shape index (κ2) is 7.66. The number of piperidine rings is 1. The van der Waals surface area contributed by atoms with E-state index in [1.807, 2.05) is 20.8 Å². The highest BCUT2D eigenvalue weighted by Gasteiger charge is 2.40. The lowest BCUT2D eigenvalue weighted by Crippen LogP contribution is -2.54. The molecule has 0 aromatic rings. The molecule has 1 saturated heterocycles. The zero-order valence-electron chi connectivity index (χ0n) is 14.0. The molecular weight excluding hydrogens is 270 g/mol. The van der Waals surface area contributed by atoms with Crippen LogP contribution in [0.25, 0.3) is 0 Å². The van der Waals surface area contributed by atoms with Crippen LogP contribution in [-0.4, -0.2) is 41.8 Å². The van der Waals surface area contributed by atoms with E-state index in [1.165, 1.54) is 7.11 Å². The van der Waals surface area contributed by atoms with Crippen LogP contribution in [-0.2, 0) is 14.3 Å². The Morgan fingerprint density at radius 3 is 2.43 bits per heavy atom. The molecule has 0 radical (unpaired) electrons. The third-order valence-electron chi connectivity index (χ3n) is 3.71. The molecule has 0 bridgehead atoms. The lowest BCUT2D eigenvalue weighted by Gasteiger charge is -2.41. The van der Waals surface area contributed by atoms with Crippen LogP contribution in [0.2, 0.25) is 0 Å². The van der Waals surface area contributed by atoms with E-state index in [0.29, 0.717) is 6.42 Å². The fourth-order valence-corrected chi connectivity index (χ4v) is 2.76. The quantitative estimate of drug-likeness (QED) is 0.745. The summed E-state index contributed by atoms with van der Waals surface area (Å²) in [7, 11) is 1.37. The maximum absolute atomic E-state index is 12.5. The van der Waals surface area contributed by atoms with Crippen LogP contribution in [0.5, 0.6) is 0 Å². The Hall–Kier alpha value is -1.26. The molecule has 0 N–H and O–H groups in total. The molecule has 122 valence electrons. The summed E-state index contributed by atoms with van der Waals surface area (Å²) in [5.74, 6) is -0.345. The van der Waals surface area contributed by atoms with Crippen molar-refractivity contribution in [1.82, 2.24) is 4.90 Å². The molecule has 21 heavy (non-hydrogen) atoms. The van der Waals surface area contributed by atoms with E-state index in [2.05, 4.69) is 6.92 Å². The van der Waals surface area contributed by atoms with Gasteiger partial charge in [-0.15, -0.1) is 0 Å². The number of hydrogen-bond donors (Lipinski definition) is 0. The number of amides is 1.